The van der Waals surface area contributed by atoms with Gasteiger partial charge in [-0.1, -0.05) is 37.3 Å². The highest BCUT2D eigenvalue weighted by atomic mass is 28.3. The molecule has 2 fully saturated rings. The Balaban J connectivity index is 1.71. The minimum atomic E-state index is -1.25. The Labute approximate surface area is 182 Å². The quantitative estimate of drug-likeness (QED) is 0.470. The van der Waals surface area contributed by atoms with Gasteiger partial charge in [-0.25, -0.2) is 4.79 Å². The van der Waals surface area contributed by atoms with Gasteiger partial charge in [0.15, 0.2) is 5.79 Å². The van der Waals surface area contributed by atoms with Crippen LogP contribution >= 0.6 is 0 Å². The summed E-state index contributed by atoms with van der Waals surface area (Å²) >= 11 is 0. The number of carbonyl (C=O) groups excluding carboxylic acids is 1. The molecule has 30 heavy (non-hydrogen) atoms. The van der Waals surface area contributed by atoms with E-state index in [1.807, 2.05) is 20.8 Å². The van der Waals surface area contributed by atoms with E-state index in [9.17, 15) is 9.90 Å². The number of hydrogen-bond acceptors (Lipinski definition) is 5. The van der Waals surface area contributed by atoms with Crippen molar-refractivity contribution >= 4 is 14.0 Å². The number of benzene rings is 1. The number of esters is 1. The Morgan fingerprint density at radius 3 is 2.50 bits per heavy atom. The summed E-state index contributed by atoms with van der Waals surface area (Å²) in [6.45, 7) is 15.2. The third kappa shape index (κ3) is 5.72. The van der Waals surface area contributed by atoms with E-state index in [-0.39, 0.29) is 24.8 Å². The molecule has 0 aromatic heterocycles. The molecule has 0 amide bonds. The average molecular weight is 435 g/mol. The van der Waals surface area contributed by atoms with Gasteiger partial charge in [0.2, 0.25) is 0 Å². The van der Waals surface area contributed by atoms with Crippen molar-refractivity contribution in [2.75, 3.05) is 13.2 Å². The Morgan fingerprint density at radius 1 is 1.20 bits per heavy atom. The lowest BCUT2D eigenvalue weighted by Gasteiger charge is -2.18. The van der Waals surface area contributed by atoms with E-state index in [1.54, 1.807) is 0 Å². The van der Waals surface area contributed by atoms with Crippen LogP contribution in [0.3, 0.4) is 0 Å². The maximum atomic E-state index is 13.0. The first-order valence-electron chi connectivity index (χ1n) is 11.1. The van der Waals surface area contributed by atoms with Gasteiger partial charge in [0.25, 0.3) is 0 Å². The third-order valence-corrected chi connectivity index (χ3v) is 7.83. The first-order chi connectivity index (χ1) is 13.9. The lowest BCUT2D eigenvalue weighted by Crippen LogP contribution is -2.26. The van der Waals surface area contributed by atoms with Crippen LogP contribution in [-0.2, 0) is 14.2 Å². The van der Waals surface area contributed by atoms with Gasteiger partial charge >= 0.3 is 5.97 Å². The summed E-state index contributed by atoms with van der Waals surface area (Å²) in [5.41, 5.74) is 4.01. The predicted molar refractivity (Wildman–Crippen MR) is 121 cm³/mol. The molecular weight excluding hydrogens is 396 g/mol. The SMILES string of the molecule is Cc1cc(C)c(C(=O)OCC[Si](C)(C)C)c(C2CC2C[C@@H]2OC(C)(C)O[C@@H]2CO)c1. The minimum Gasteiger partial charge on any atom is -0.462 e. The van der Waals surface area contributed by atoms with Crippen LogP contribution in [0.1, 0.15) is 59.7 Å². The molecule has 2 aliphatic rings. The van der Waals surface area contributed by atoms with E-state index >= 15 is 0 Å². The first kappa shape index (κ1) is 23.5. The molecule has 1 aromatic carbocycles. The molecule has 1 heterocycles. The van der Waals surface area contributed by atoms with E-state index in [1.165, 1.54) is 5.56 Å². The smallest absolute Gasteiger partial charge is 0.338 e. The van der Waals surface area contributed by atoms with Gasteiger partial charge in [-0.05, 0) is 69.5 Å². The van der Waals surface area contributed by atoms with E-state index in [0.717, 1.165) is 35.6 Å². The van der Waals surface area contributed by atoms with Crippen LogP contribution in [0.4, 0.5) is 0 Å². The zero-order chi connectivity index (χ0) is 22.3. The zero-order valence-corrected chi connectivity index (χ0v) is 20.6. The normalized spacial score (nSPS) is 27.9. The first-order valence-corrected chi connectivity index (χ1v) is 14.9. The number of aryl methyl sites for hydroxylation is 2. The van der Waals surface area contributed by atoms with Gasteiger partial charge in [0.1, 0.15) is 6.10 Å². The second-order valence-electron chi connectivity index (χ2n) is 10.7. The zero-order valence-electron chi connectivity index (χ0n) is 19.6. The van der Waals surface area contributed by atoms with Crippen molar-refractivity contribution in [1.29, 1.82) is 0 Å². The Hall–Kier alpha value is -1.21. The van der Waals surface area contributed by atoms with Crippen molar-refractivity contribution in [3.63, 3.8) is 0 Å². The molecule has 1 saturated heterocycles. The standard InChI is InChI=1S/C24H38O5Si/c1-15-10-16(2)22(23(26)27-8-9-30(5,6)7)19(11-15)18-12-17(18)13-20-21(14-25)29-24(3,4)28-20/h10-11,17-18,20-21,25H,8-9,12-14H2,1-7H3/t17?,18?,20-,21+/m0/s1. The summed E-state index contributed by atoms with van der Waals surface area (Å²) in [6.07, 6.45) is 1.46. The molecule has 5 nitrogen and oxygen atoms in total. The largest absolute Gasteiger partial charge is 0.462 e. The molecule has 4 atom stereocenters. The molecule has 1 saturated carbocycles. The Kier molecular flexibility index (Phi) is 6.82. The third-order valence-electron chi connectivity index (χ3n) is 6.12. The second kappa shape index (κ2) is 8.73. The highest BCUT2D eigenvalue weighted by molar-refractivity contribution is 6.76. The van der Waals surface area contributed by atoms with Crippen molar-refractivity contribution in [2.45, 2.75) is 90.1 Å². The maximum absolute atomic E-state index is 13.0. The Bertz CT molecular complexity index is 783. The fraction of sp³-hybridized carbons (Fsp3) is 0.708. The number of ether oxygens (including phenoxy) is 3. The van der Waals surface area contributed by atoms with Crippen LogP contribution in [0.2, 0.25) is 25.7 Å². The monoisotopic (exact) mass is 434 g/mol. The molecule has 168 valence electrons. The van der Waals surface area contributed by atoms with Crippen LogP contribution in [0.25, 0.3) is 0 Å². The maximum Gasteiger partial charge on any atom is 0.338 e. The molecule has 0 bridgehead atoms. The van der Waals surface area contributed by atoms with Crippen LogP contribution in [0.15, 0.2) is 12.1 Å². The van der Waals surface area contributed by atoms with Crippen LogP contribution < -0.4 is 0 Å². The lowest BCUT2D eigenvalue weighted by molar-refractivity contribution is -0.149. The van der Waals surface area contributed by atoms with Gasteiger partial charge in [-0.2, -0.15) is 0 Å². The summed E-state index contributed by atoms with van der Waals surface area (Å²) in [5.74, 6) is -0.0967. The second-order valence-corrected chi connectivity index (χ2v) is 16.3. The van der Waals surface area contributed by atoms with Crippen LogP contribution in [0.5, 0.6) is 0 Å². The summed E-state index contributed by atoms with van der Waals surface area (Å²) < 4.78 is 17.5. The molecule has 1 aromatic rings. The summed E-state index contributed by atoms with van der Waals surface area (Å²) in [5, 5.41) is 9.65. The van der Waals surface area contributed by atoms with E-state index in [4.69, 9.17) is 14.2 Å². The number of hydrogen-bond donors (Lipinski definition) is 1. The lowest BCUT2D eigenvalue weighted by atomic mass is 9.94. The topological polar surface area (TPSA) is 65.0 Å². The summed E-state index contributed by atoms with van der Waals surface area (Å²) in [4.78, 5) is 13.0. The molecule has 1 aliphatic heterocycles. The molecule has 1 aliphatic carbocycles. The highest BCUT2D eigenvalue weighted by Gasteiger charge is 2.48. The van der Waals surface area contributed by atoms with Crippen molar-refractivity contribution in [3.8, 4) is 0 Å². The molecule has 3 rings (SSSR count). The molecule has 1 N–H and O–H groups in total. The van der Waals surface area contributed by atoms with Gasteiger partial charge in [-0.15, -0.1) is 0 Å². The molecule has 6 heteroatoms. The van der Waals surface area contributed by atoms with Crippen molar-refractivity contribution in [2.24, 2.45) is 5.92 Å². The van der Waals surface area contributed by atoms with E-state index in [2.05, 4.69) is 38.7 Å². The number of carbonyl (C=O) groups is 1. The van der Waals surface area contributed by atoms with Crippen LogP contribution in [-0.4, -0.2) is 50.4 Å². The predicted octanol–water partition coefficient (Wildman–Crippen LogP) is 4.80. The van der Waals surface area contributed by atoms with Gasteiger partial charge in [0, 0.05) is 8.07 Å². The molecule has 0 radical (unpaired) electrons. The van der Waals surface area contributed by atoms with Crippen molar-refractivity contribution < 1.29 is 24.1 Å². The molecule has 2 unspecified atom stereocenters. The van der Waals surface area contributed by atoms with Crippen molar-refractivity contribution in [3.05, 3.63) is 34.4 Å². The summed E-state index contributed by atoms with van der Waals surface area (Å²) in [6, 6.07) is 5.18. The van der Waals surface area contributed by atoms with Gasteiger partial charge in [0.05, 0.1) is 24.9 Å². The Morgan fingerprint density at radius 2 is 1.87 bits per heavy atom. The van der Waals surface area contributed by atoms with Gasteiger partial charge in [-0.3, -0.25) is 0 Å². The fourth-order valence-electron chi connectivity index (χ4n) is 4.54. The van der Waals surface area contributed by atoms with Crippen molar-refractivity contribution in [1.82, 2.24) is 0 Å². The number of aliphatic hydroxyl groups excluding tert-OH is 1. The molecule has 0 spiro atoms. The number of rotatable bonds is 8. The van der Waals surface area contributed by atoms with Crippen LogP contribution in [0, 0.1) is 19.8 Å². The minimum absolute atomic E-state index is 0.0380. The van der Waals surface area contributed by atoms with Gasteiger partial charge < -0.3 is 19.3 Å². The fourth-order valence-corrected chi connectivity index (χ4v) is 5.26. The van der Waals surface area contributed by atoms with E-state index < -0.39 is 13.9 Å². The highest BCUT2D eigenvalue weighted by Crippen LogP contribution is 2.53. The average Bonchev–Trinajstić information content (AvgIpc) is 3.29. The van der Waals surface area contributed by atoms with E-state index in [0.29, 0.717) is 18.4 Å². The summed E-state index contributed by atoms with van der Waals surface area (Å²) in [7, 11) is -1.25. The molecular formula is C24H38O5Si. The number of aliphatic hydroxyl groups is 1.